The zero-order chi connectivity index (χ0) is 12.0. The molecule has 1 N–H and O–H groups in total. The largest absolute Gasteiger partial charge is 0.348 e. The molecule has 0 heterocycles. The Balaban J connectivity index is 2.63. The van der Waals surface area contributed by atoms with Crippen molar-refractivity contribution >= 4 is 29.1 Å². The molecule has 5 heteroatoms. The molecule has 16 heavy (non-hydrogen) atoms. The van der Waals surface area contributed by atoms with Crippen molar-refractivity contribution in [2.45, 2.75) is 0 Å². The topological polar surface area (TPSA) is 29.1 Å². The molecule has 1 aromatic carbocycles. The molecule has 1 rings (SSSR count). The first-order valence-electron chi connectivity index (χ1n) is 4.59. The molecule has 2 nitrogen and oxygen atoms in total. The normalized spacial score (nSPS) is 10.7. The number of alkyl halides is 1. The van der Waals surface area contributed by atoms with Crippen LogP contribution in [0.4, 0.5) is 4.39 Å². The predicted octanol–water partition coefficient (Wildman–Crippen LogP) is 3.00. The number of hydrogen-bond acceptors (Lipinski definition) is 1. The highest BCUT2D eigenvalue weighted by Crippen LogP contribution is 2.14. The van der Waals surface area contributed by atoms with Crippen molar-refractivity contribution in [3.8, 4) is 0 Å². The molecule has 0 aliphatic rings. The van der Waals surface area contributed by atoms with Crippen molar-refractivity contribution in [2.24, 2.45) is 0 Å². The first kappa shape index (κ1) is 13.0. The minimum atomic E-state index is -0.633. The molecule has 86 valence electrons. The van der Waals surface area contributed by atoms with E-state index >= 15 is 0 Å². The average molecular weight is 262 g/mol. The van der Waals surface area contributed by atoms with Gasteiger partial charge in [-0.15, -0.1) is 11.6 Å². The van der Waals surface area contributed by atoms with E-state index in [1.165, 1.54) is 12.1 Å². The van der Waals surface area contributed by atoms with E-state index in [-0.39, 0.29) is 10.6 Å². The summed E-state index contributed by atoms with van der Waals surface area (Å²) in [6, 6.07) is 3.91. The smallest absolute Gasteiger partial charge is 0.254 e. The molecule has 1 amide bonds. The molecule has 0 atom stereocenters. The molecule has 0 fully saturated rings. The third-order valence-corrected chi connectivity index (χ3v) is 2.23. The highest BCUT2D eigenvalue weighted by atomic mass is 35.5. The van der Waals surface area contributed by atoms with Gasteiger partial charge in [-0.05, 0) is 18.2 Å². The second-order valence-electron chi connectivity index (χ2n) is 2.96. The SMILES string of the molecule is O=C(NC/C=C/CCl)c1ccc(Cl)cc1F. The molecule has 0 aliphatic heterocycles. The Morgan fingerprint density at radius 1 is 1.44 bits per heavy atom. The number of carbonyl (C=O) groups is 1. The van der Waals surface area contributed by atoms with Gasteiger partial charge in [-0.2, -0.15) is 0 Å². The van der Waals surface area contributed by atoms with Gasteiger partial charge in [-0.25, -0.2) is 4.39 Å². The number of halogens is 3. The van der Waals surface area contributed by atoms with Gasteiger partial charge in [0.1, 0.15) is 5.82 Å². The molecular weight excluding hydrogens is 252 g/mol. The second kappa shape index (κ2) is 6.51. The summed E-state index contributed by atoms with van der Waals surface area (Å²) in [5, 5.41) is 2.79. The average Bonchev–Trinajstić information content (AvgIpc) is 2.24. The Labute approximate surface area is 103 Å². The maximum Gasteiger partial charge on any atom is 0.254 e. The summed E-state index contributed by atoms with van der Waals surface area (Å²) < 4.78 is 13.3. The van der Waals surface area contributed by atoms with E-state index in [0.29, 0.717) is 12.4 Å². The number of allylic oxidation sites excluding steroid dienone is 1. The zero-order valence-electron chi connectivity index (χ0n) is 8.34. The van der Waals surface area contributed by atoms with Gasteiger partial charge in [-0.3, -0.25) is 4.79 Å². The van der Waals surface area contributed by atoms with Crippen LogP contribution in [0.5, 0.6) is 0 Å². The van der Waals surface area contributed by atoms with Crippen LogP contribution in [0.15, 0.2) is 30.4 Å². The Kier molecular flexibility index (Phi) is 5.29. The van der Waals surface area contributed by atoms with Gasteiger partial charge in [0, 0.05) is 17.4 Å². The fourth-order valence-corrected chi connectivity index (χ4v) is 1.35. The lowest BCUT2D eigenvalue weighted by atomic mass is 10.2. The van der Waals surface area contributed by atoms with E-state index in [4.69, 9.17) is 23.2 Å². The van der Waals surface area contributed by atoms with Crippen LogP contribution in [-0.4, -0.2) is 18.3 Å². The van der Waals surface area contributed by atoms with E-state index in [9.17, 15) is 9.18 Å². The van der Waals surface area contributed by atoms with Crippen molar-refractivity contribution in [2.75, 3.05) is 12.4 Å². The minimum absolute atomic E-state index is 0.0244. The molecular formula is C11H10Cl2FNO. The Bertz CT molecular complexity index is 407. The number of carbonyl (C=O) groups excluding carboxylic acids is 1. The summed E-state index contributed by atoms with van der Waals surface area (Å²) >= 11 is 11.0. The highest BCUT2D eigenvalue weighted by Gasteiger charge is 2.10. The molecule has 0 aliphatic carbocycles. The van der Waals surface area contributed by atoms with Crippen molar-refractivity contribution in [3.63, 3.8) is 0 Å². The van der Waals surface area contributed by atoms with Crippen LogP contribution in [0.2, 0.25) is 5.02 Å². The van der Waals surface area contributed by atoms with Crippen LogP contribution in [0.3, 0.4) is 0 Å². The van der Waals surface area contributed by atoms with Gasteiger partial charge in [0.25, 0.3) is 5.91 Å². The third-order valence-electron chi connectivity index (χ3n) is 1.81. The number of benzene rings is 1. The van der Waals surface area contributed by atoms with E-state index < -0.39 is 11.7 Å². The lowest BCUT2D eigenvalue weighted by molar-refractivity contribution is 0.0954. The monoisotopic (exact) mass is 261 g/mol. The van der Waals surface area contributed by atoms with Crippen LogP contribution in [0, 0.1) is 5.82 Å². The molecule has 0 unspecified atom stereocenters. The summed E-state index contributed by atoms with van der Waals surface area (Å²) in [6.07, 6.45) is 3.39. The van der Waals surface area contributed by atoms with Gasteiger partial charge >= 0.3 is 0 Å². The Morgan fingerprint density at radius 2 is 2.19 bits per heavy atom. The van der Waals surface area contributed by atoms with E-state index in [1.807, 2.05) is 0 Å². The quantitative estimate of drug-likeness (QED) is 0.655. The van der Waals surface area contributed by atoms with Crippen LogP contribution >= 0.6 is 23.2 Å². The van der Waals surface area contributed by atoms with E-state index in [0.717, 1.165) is 6.07 Å². The molecule has 1 aromatic rings. The fraction of sp³-hybridized carbons (Fsp3) is 0.182. The summed E-state index contributed by atoms with van der Waals surface area (Å²) in [6.45, 7) is 0.313. The van der Waals surface area contributed by atoms with Gasteiger partial charge in [-0.1, -0.05) is 23.8 Å². The maximum atomic E-state index is 13.3. The van der Waals surface area contributed by atoms with Crippen LogP contribution in [0.1, 0.15) is 10.4 Å². The second-order valence-corrected chi connectivity index (χ2v) is 3.70. The van der Waals surface area contributed by atoms with Gasteiger partial charge in [0.2, 0.25) is 0 Å². The summed E-state index contributed by atoms with van der Waals surface area (Å²) in [7, 11) is 0. The van der Waals surface area contributed by atoms with Crippen LogP contribution in [0.25, 0.3) is 0 Å². The standard InChI is InChI=1S/C11H10Cl2FNO/c12-5-1-2-6-15-11(16)9-4-3-8(13)7-10(9)14/h1-4,7H,5-6H2,(H,15,16)/b2-1+. The Hall–Kier alpha value is -1.06. The predicted molar refractivity (Wildman–Crippen MR) is 63.6 cm³/mol. The lowest BCUT2D eigenvalue weighted by Gasteiger charge is -2.03. The first-order chi connectivity index (χ1) is 7.65. The number of nitrogens with one attached hydrogen (secondary N) is 1. The third kappa shape index (κ3) is 3.83. The first-order valence-corrected chi connectivity index (χ1v) is 5.50. The Morgan fingerprint density at radius 3 is 2.81 bits per heavy atom. The van der Waals surface area contributed by atoms with Crippen molar-refractivity contribution in [3.05, 3.63) is 46.8 Å². The zero-order valence-corrected chi connectivity index (χ0v) is 9.85. The van der Waals surface area contributed by atoms with E-state index in [1.54, 1.807) is 12.2 Å². The maximum absolute atomic E-state index is 13.3. The van der Waals surface area contributed by atoms with Crippen LogP contribution in [-0.2, 0) is 0 Å². The van der Waals surface area contributed by atoms with Crippen molar-refractivity contribution < 1.29 is 9.18 Å². The molecule has 0 spiro atoms. The van der Waals surface area contributed by atoms with Crippen LogP contribution < -0.4 is 5.32 Å². The lowest BCUT2D eigenvalue weighted by Crippen LogP contribution is -2.24. The number of rotatable bonds is 4. The van der Waals surface area contributed by atoms with Gasteiger partial charge in [0.15, 0.2) is 0 Å². The number of hydrogen-bond donors (Lipinski definition) is 1. The molecule has 0 saturated carbocycles. The molecule has 0 bridgehead atoms. The molecule has 0 aromatic heterocycles. The van der Waals surface area contributed by atoms with E-state index in [2.05, 4.69) is 5.32 Å². The fourth-order valence-electron chi connectivity index (χ4n) is 1.07. The van der Waals surface area contributed by atoms with Gasteiger partial charge < -0.3 is 5.32 Å². The number of amides is 1. The molecule has 0 saturated heterocycles. The molecule has 0 radical (unpaired) electrons. The summed E-state index contributed by atoms with van der Waals surface area (Å²) in [5.74, 6) is -0.731. The van der Waals surface area contributed by atoms with Crippen molar-refractivity contribution in [1.82, 2.24) is 5.32 Å². The van der Waals surface area contributed by atoms with Crippen molar-refractivity contribution in [1.29, 1.82) is 0 Å². The van der Waals surface area contributed by atoms with Gasteiger partial charge in [0.05, 0.1) is 5.56 Å². The minimum Gasteiger partial charge on any atom is -0.348 e. The summed E-state index contributed by atoms with van der Waals surface area (Å²) in [5.41, 5.74) is -0.0244. The highest BCUT2D eigenvalue weighted by molar-refractivity contribution is 6.30. The summed E-state index contributed by atoms with van der Waals surface area (Å²) in [4.78, 5) is 11.5.